The predicted molar refractivity (Wildman–Crippen MR) is 101 cm³/mol. The maximum absolute atomic E-state index is 11.6. The van der Waals surface area contributed by atoms with Crippen LogP contribution in [0, 0.1) is 10.1 Å². The summed E-state index contributed by atoms with van der Waals surface area (Å²) in [5, 5.41) is 13.7. The van der Waals surface area contributed by atoms with Crippen molar-refractivity contribution in [3.8, 4) is 5.75 Å². The lowest BCUT2D eigenvalue weighted by atomic mass is 10.1. The van der Waals surface area contributed by atoms with E-state index in [2.05, 4.69) is 5.32 Å². The summed E-state index contributed by atoms with van der Waals surface area (Å²) in [5.41, 5.74) is 1.68. The number of carbonyl (C=O) groups excluding carboxylic acids is 1. The van der Waals surface area contributed by atoms with E-state index in [9.17, 15) is 14.9 Å². The van der Waals surface area contributed by atoms with Crippen molar-refractivity contribution in [3.63, 3.8) is 0 Å². The summed E-state index contributed by atoms with van der Waals surface area (Å²) in [6.45, 7) is 0.458. The number of aryl methyl sites for hydroxylation is 1. The van der Waals surface area contributed by atoms with Crippen molar-refractivity contribution in [1.29, 1.82) is 0 Å². The van der Waals surface area contributed by atoms with Gasteiger partial charge in [0.05, 0.1) is 16.6 Å². The molecule has 0 heterocycles. The lowest BCUT2D eigenvalue weighted by Crippen LogP contribution is -2.27. The van der Waals surface area contributed by atoms with E-state index in [1.54, 1.807) is 44.4 Å². The summed E-state index contributed by atoms with van der Waals surface area (Å²) in [7, 11) is 3.30. The first-order valence-electron chi connectivity index (χ1n) is 8.01. The molecule has 0 saturated heterocycles. The minimum absolute atomic E-state index is 0.0817. The molecule has 2 aromatic carbocycles. The Morgan fingerprint density at radius 2 is 1.92 bits per heavy atom. The topological polar surface area (TPSA) is 84.7 Å². The molecule has 7 nitrogen and oxygen atoms in total. The Morgan fingerprint density at radius 3 is 2.50 bits per heavy atom. The van der Waals surface area contributed by atoms with Crippen molar-refractivity contribution >= 4 is 29.0 Å². The fourth-order valence-electron chi connectivity index (χ4n) is 2.17. The molecule has 0 aliphatic rings. The number of benzene rings is 2. The number of hydrogen-bond donors (Lipinski definition) is 1. The molecule has 0 unspecified atom stereocenters. The Morgan fingerprint density at radius 1 is 1.23 bits per heavy atom. The highest BCUT2D eigenvalue weighted by Crippen LogP contribution is 2.28. The van der Waals surface area contributed by atoms with Gasteiger partial charge in [-0.1, -0.05) is 23.7 Å². The highest BCUT2D eigenvalue weighted by molar-refractivity contribution is 6.32. The normalized spacial score (nSPS) is 10.3. The second-order valence-corrected chi connectivity index (χ2v) is 6.25. The molecular weight excluding hydrogens is 358 g/mol. The average molecular weight is 378 g/mol. The highest BCUT2D eigenvalue weighted by atomic mass is 35.5. The van der Waals surface area contributed by atoms with Crippen molar-refractivity contribution in [1.82, 2.24) is 4.90 Å². The van der Waals surface area contributed by atoms with Gasteiger partial charge >= 0.3 is 6.03 Å². The minimum Gasteiger partial charge on any atom is -0.492 e. The standard InChI is InChI=1S/C18H20ClN3O4/c1-21(2)18(23)20-14-7-10-17(16(19)12-14)26-11-3-4-13-5-8-15(9-6-13)22(24)25/h5-10,12H,3-4,11H2,1-2H3,(H,20,23). The number of hydrogen-bond acceptors (Lipinski definition) is 4. The van der Waals surface area contributed by atoms with Crippen molar-refractivity contribution < 1.29 is 14.5 Å². The number of non-ortho nitro benzene ring substituents is 1. The van der Waals surface area contributed by atoms with Crippen LogP contribution in [0.5, 0.6) is 5.75 Å². The van der Waals surface area contributed by atoms with Gasteiger partial charge in [-0.25, -0.2) is 4.79 Å². The Labute approximate surface area is 156 Å². The number of nitro groups is 1. The van der Waals surface area contributed by atoms with E-state index in [-0.39, 0.29) is 11.7 Å². The SMILES string of the molecule is CN(C)C(=O)Nc1ccc(OCCCc2ccc([N+](=O)[O-])cc2)c(Cl)c1. The van der Waals surface area contributed by atoms with Gasteiger partial charge in [0.2, 0.25) is 0 Å². The summed E-state index contributed by atoms with van der Waals surface area (Å²) < 4.78 is 5.66. The molecule has 0 spiro atoms. The van der Waals surface area contributed by atoms with Crippen molar-refractivity contribution in [2.24, 2.45) is 0 Å². The molecular formula is C18H20ClN3O4. The number of nitrogens with one attached hydrogen (secondary N) is 1. The zero-order chi connectivity index (χ0) is 19.1. The van der Waals surface area contributed by atoms with Crippen LogP contribution in [0.2, 0.25) is 5.02 Å². The molecule has 1 N–H and O–H groups in total. The van der Waals surface area contributed by atoms with Crippen molar-refractivity contribution in [2.45, 2.75) is 12.8 Å². The quantitative estimate of drug-likeness (QED) is 0.441. The van der Waals surface area contributed by atoms with Crippen LogP contribution in [-0.2, 0) is 6.42 Å². The average Bonchev–Trinajstić information content (AvgIpc) is 2.60. The lowest BCUT2D eigenvalue weighted by Gasteiger charge is -2.13. The third-order valence-corrected chi connectivity index (χ3v) is 3.90. The van der Waals surface area contributed by atoms with E-state index in [0.29, 0.717) is 23.1 Å². The number of carbonyl (C=O) groups is 1. The summed E-state index contributed by atoms with van der Waals surface area (Å²) in [6.07, 6.45) is 1.49. The molecule has 138 valence electrons. The second-order valence-electron chi connectivity index (χ2n) is 5.85. The summed E-state index contributed by atoms with van der Waals surface area (Å²) in [6, 6.07) is 11.3. The first-order chi connectivity index (χ1) is 12.4. The fourth-order valence-corrected chi connectivity index (χ4v) is 2.41. The van der Waals surface area contributed by atoms with Crippen molar-refractivity contribution in [2.75, 3.05) is 26.0 Å². The van der Waals surface area contributed by atoms with Crippen LogP contribution in [-0.4, -0.2) is 36.6 Å². The Balaban J connectivity index is 1.82. The zero-order valence-corrected chi connectivity index (χ0v) is 15.3. The van der Waals surface area contributed by atoms with Gasteiger partial charge in [0.15, 0.2) is 0 Å². The molecule has 2 rings (SSSR count). The van der Waals surface area contributed by atoms with E-state index >= 15 is 0 Å². The fraction of sp³-hybridized carbons (Fsp3) is 0.278. The zero-order valence-electron chi connectivity index (χ0n) is 14.6. The van der Waals surface area contributed by atoms with Crippen LogP contribution in [0.25, 0.3) is 0 Å². The van der Waals surface area contributed by atoms with Crippen molar-refractivity contribution in [3.05, 3.63) is 63.2 Å². The number of nitrogens with zero attached hydrogens (tertiary/aromatic N) is 2. The molecule has 2 amide bonds. The third-order valence-electron chi connectivity index (χ3n) is 3.60. The van der Waals surface area contributed by atoms with Gasteiger partial charge in [-0.2, -0.15) is 0 Å². The number of amides is 2. The van der Waals surface area contributed by atoms with Crippen LogP contribution in [0.15, 0.2) is 42.5 Å². The maximum atomic E-state index is 11.6. The Kier molecular flexibility index (Phi) is 6.80. The molecule has 0 atom stereocenters. The Bertz CT molecular complexity index is 779. The molecule has 8 heteroatoms. The van der Waals surface area contributed by atoms with E-state index in [4.69, 9.17) is 16.3 Å². The molecule has 0 aromatic heterocycles. The van der Waals surface area contributed by atoms with Gasteiger partial charge < -0.3 is 15.0 Å². The van der Waals surface area contributed by atoms with Crippen LogP contribution >= 0.6 is 11.6 Å². The third kappa shape index (κ3) is 5.63. The molecule has 0 saturated carbocycles. The second kappa shape index (κ2) is 9.05. The molecule has 0 bridgehead atoms. The summed E-state index contributed by atoms with van der Waals surface area (Å²) in [5.74, 6) is 0.540. The Hall–Kier alpha value is -2.80. The van der Waals surface area contributed by atoms with Gasteiger partial charge in [0.1, 0.15) is 5.75 Å². The number of ether oxygens (including phenoxy) is 1. The van der Waals surface area contributed by atoms with Gasteiger partial charge in [-0.3, -0.25) is 10.1 Å². The summed E-state index contributed by atoms with van der Waals surface area (Å²) in [4.78, 5) is 23.3. The first kappa shape index (κ1) is 19.5. The number of urea groups is 1. The lowest BCUT2D eigenvalue weighted by molar-refractivity contribution is -0.384. The molecule has 0 aliphatic heterocycles. The minimum atomic E-state index is -0.417. The van der Waals surface area contributed by atoms with E-state index < -0.39 is 4.92 Å². The van der Waals surface area contributed by atoms with Gasteiger partial charge in [-0.15, -0.1) is 0 Å². The largest absolute Gasteiger partial charge is 0.492 e. The molecule has 0 fully saturated rings. The maximum Gasteiger partial charge on any atom is 0.321 e. The predicted octanol–water partition coefficient (Wildman–Crippen LogP) is 4.35. The summed E-state index contributed by atoms with van der Waals surface area (Å²) >= 11 is 6.18. The number of rotatable bonds is 7. The molecule has 0 aliphatic carbocycles. The van der Waals surface area contributed by atoms with Gasteiger partial charge in [-0.05, 0) is 36.6 Å². The molecule has 2 aromatic rings. The van der Waals surface area contributed by atoms with E-state index in [0.717, 1.165) is 18.4 Å². The smallest absolute Gasteiger partial charge is 0.321 e. The molecule has 26 heavy (non-hydrogen) atoms. The van der Waals surface area contributed by atoms with E-state index in [1.807, 2.05) is 0 Å². The highest BCUT2D eigenvalue weighted by Gasteiger charge is 2.08. The van der Waals surface area contributed by atoms with Crippen LogP contribution in [0.4, 0.5) is 16.2 Å². The van der Waals surface area contributed by atoms with E-state index in [1.165, 1.54) is 17.0 Å². The first-order valence-corrected chi connectivity index (χ1v) is 8.38. The van der Waals surface area contributed by atoms with Crippen LogP contribution in [0.1, 0.15) is 12.0 Å². The number of nitro benzene ring substituents is 1. The number of halogens is 1. The number of anilines is 1. The molecule has 0 radical (unpaired) electrons. The van der Waals surface area contributed by atoms with Gasteiger partial charge in [0.25, 0.3) is 5.69 Å². The van der Waals surface area contributed by atoms with Gasteiger partial charge in [0, 0.05) is 31.9 Å². The van der Waals surface area contributed by atoms with Crippen LogP contribution in [0.3, 0.4) is 0 Å². The monoisotopic (exact) mass is 377 g/mol. The van der Waals surface area contributed by atoms with Crippen LogP contribution < -0.4 is 10.1 Å².